The van der Waals surface area contributed by atoms with Crippen molar-refractivity contribution in [3.05, 3.63) is 53.9 Å². The largest absolute Gasteiger partial charge is 0.344 e. The Morgan fingerprint density at radius 2 is 1.90 bits per heavy atom. The molecular weight excluding hydrogens is 262 g/mol. The van der Waals surface area contributed by atoms with E-state index in [0.29, 0.717) is 13.1 Å². The molecule has 5 nitrogen and oxygen atoms in total. The number of hydrogen-bond donors (Lipinski definition) is 3. The van der Waals surface area contributed by atoms with Gasteiger partial charge in [0.05, 0.1) is 29.8 Å². The minimum Gasteiger partial charge on any atom is -0.344 e. The fraction of sp³-hybridized carbons (Fsp3) is 0.250. The van der Waals surface area contributed by atoms with E-state index in [0.717, 1.165) is 40.5 Å². The third-order valence-corrected chi connectivity index (χ3v) is 3.43. The number of nitrogens with zero attached hydrogens (tertiary/aromatic N) is 2. The first kappa shape index (κ1) is 13.6. The maximum Gasteiger partial charge on any atom is 0.121 e. The molecule has 0 fully saturated rings. The number of H-pyrrole nitrogens is 2. The Labute approximate surface area is 123 Å². The van der Waals surface area contributed by atoms with Gasteiger partial charge in [0.2, 0.25) is 0 Å². The fourth-order valence-electron chi connectivity index (χ4n) is 2.39. The number of imidazole rings is 2. The SMILES string of the molecule is C=Cc1nc(CNCc2nc3ccccc3[nH]2)[nH]c1CC. The standard InChI is InChI=1S/C16H19N5/c1-3-11-12(4-2)19-15(18-11)9-17-10-16-20-13-7-5-6-8-14(13)21-16/h3,5-8,17H,1,4,9-10H2,2H3,(H,18,19)(H,20,21). The van der Waals surface area contributed by atoms with Gasteiger partial charge in [-0.2, -0.15) is 0 Å². The van der Waals surface area contributed by atoms with Crippen molar-refractivity contribution in [2.24, 2.45) is 0 Å². The van der Waals surface area contributed by atoms with Gasteiger partial charge in [0, 0.05) is 5.69 Å². The predicted octanol–water partition coefficient (Wildman–Crippen LogP) is 2.78. The van der Waals surface area contributed by atoms with Crippen LogP contribution in [-0.2, 0) is 19.5 Å². The zero-order valence-electron chi connectivity index (χ0n) is 12.1. The first-order valence-corrected chi connectivity index (χ1v) is 7.14. The monoisotopic (exact) mass is 281 g/mol. The molecule has 3 aromatic rings. The molecule has 0 atom stereocenters. The van der Waals surface area contributed by atoms with Gasteiger partial charge in [-0.15, -0.1) is 0 Å². The van der Waals surface area contributed by atoms with Gasteiger partial charge in [0.25, 0.3) is 0 Å². The highest BCUT2D eigenvalue weighted by molar-refractivity contribution is 5.74. The average Bonchev–Trinajstić information content (AvgIpc) is 3.09. The van der Waals surface area contributed by atoms with Crippen LogP contribution in [0.2, 0.25) is 0 Å². The van der Waals surface area contributed by atoms with Crippen LogP contribution in [0.1, 0.15) is 30.0 Å². The second-order valence-electron chi connectivity index (χ2n) is 4.91. The summed E-state index contributed by atoms with van der Waals surface area (Å²) in [5.41, 5.74) is 4.13. The lowest BCUT2D eigenvalue weighted by Gasteiger charge is -1.99. The van der Waals surface area contributed by atoms with Crippen LogP contribution in [0.25, 0.3) is 17.1 Å². The third kappa shape index (κ3) is 2.87. The molecule has 108 valence electrons. The normalized spacial score (nSPS) is 11.1. The first-order valence-electron chi connectivity index (χ1n) is 7.14. The van der Waals surface area contributed by atoms with Crippen molar-refractivity contribution in [2.45, 2.75) is 26.4 Å². The number of hydrogen-bond acceptors (Lipinski definition) is 3. The Bertz CT molecular complexity index is 720. The summed E-state index contributed by atoms with van der Waals surface area (Å²) in [5.74, 6) is 1.86. The number of aromatic nitrogens is 4. The summed E-state index contributed by atoms with van der Waals surface area (Å²) < 4.78 is 0. The maximum absolute atomic E-state index is 4.53. The zero-order chi connectivity index (χ0) is 14.7. The molecule has 0 radical (unpaired) electrons. The van der Waals surface area contributed by atoms with E-state index in [-0.39, 0.29) is 0 Å². The van der Waals surface area contributed by atoms with Crippen molar-refractivity contribution >= 4 is 17.1 Å². The van der Waals surface area contributed by atoms with E-state index in [9.17, 15) is 0 Å². The minimum absolute atomic E-state index is 0.678. The molecule has 0 spiro atoms. The van der Waals surface area contributed by atoms with E-state index >= 15 is 0 Å². The van der Waals surface area contributed by atoms with Crippen LogP contribution in [-0.4, -0.2) is 19.9 Å². The summed E-state index contributed by atoms with van der Waals surface area (Å²) in [6, 6.07) is 8.03. The second-order valence-corrected chi connectivity index (χ2v) is 4.91. The van der Waals surface area contributed by atoms with E-state index in [2.05, 4.69) is 38.8 Å². The quantitative estimate of drug-likeness (QED) is 0.650. The van der Waals surface area contributed by atoms with Gasteiger partial charge in [0.15, 0.2) is 0 Å². The summed E-state index contributed by atoms with van der Waals surface area (Å²) >= 11 is 0. The Kier molecular flexibility index (Phi) is 3.83. The summed E-state index contributed by atoms with van der Waals surface area (Å²) in [5, 5.41) is 3.35. The molecule has 2 aromatic heterocycles. The van der Waals surface area contributed by atoms with Gasteiger partial charge in [-0.05, 0) is 24.6 Å². The van der Waals surface area contributed by atoms with Crippen molar-refractivity contribution in [3.63, 3.8) is 0 Å². The highest BCUT2D eigenvalue weighted by Gasteiger charge is 2.06. The Hall–Kier alpha value is -2.40. The molecule has 21 heavy (non-hydrogen) atoms. The van der Waals surface area contributed by atoms with Crippen molar-refractivity contribution in [3.8, 4) is 0 Å². The van der Waals surface area contributed by atoms with Crippen LogP contribution in [0.15, 0.2) is 30.8 Å². The lowest BCUT2D eigenvalue weighted by molar-refractivity contribution is 0.648. The number of aryl methyl sites for hydroxylation is 1. The highest BCUT2D eigenvalue weighted by Crippen LogP contribution is 2.11. The van der Waals surface area contributed by atoms with Crippen molar-refractivity contribution in [2.75, 3.05) is 0 Å². The molecule has 0 aliphatic carbocycles. The van der Waals surface area contributed by atoms with Gasteiger partial charge < -0.3 is 15.3 Å². The van der Waals surface area contributed by atoms with Crippen molar-refractivity contribution in [1.29, 1.82) is 0 Å². The number of rotatable bonds is 6. The van der Waals surface area contributed by atoms with Gasteiger partial charge in [-0.1, -0.05) is 25.6 Å². The predicted molar refractivity (Wildman–Crippen MR) is 84.7 cm³/mol. The Morgan fingerprint density at radius 1 is 1.14 bits per heavy atom. The summed E-state index contributed by atoms with van der Waals surface area (Å²) in [6.07, 6.45) is 2.72. The van der Waals surface area contributed by atoms with Crippen LogP contribution in [0, 0.1) is 0 Å². The smallest absolute Gasteiger partial charge is 0.121 e. The molecule has 0 amide bonds. The fourth-order valence-corrected chi connectivity index (χ4v) is 2.39. The molecule has 0 saturated carbocycles. The van der Waals surface area contributed by atoms with Gasteiger partial charge >= 0.3 is 0 Å². The van der Waals surface area contributed by atoms with E-state index in [1.54, 1.807) is 6.08 Å². The molecule has 0 aliphatic rings. The Balaban J connectivity index is 1.63. The molecule has 0 unspecified atom stereocenters. The molecule has 2 heterocycles. The van der Waals surface area contributed by atoms with E-state index in [1.165, 1.54) is 0 Å². The van der Waals surface area contributed by atoms with E-state index < -0.39 is 0 Å². The molecule has 1 aromatic carbocycles. The summed E-state index contributed by atoms with van der Waals surface area (Å²) in [7, 11) is 0. The molecule has 0 bridgehead atoms. The number of nitrogens with one attached hydrogen (secondary N) is 3. The molecular formula is C16H19N5. The molecule has 5 heteroatoms. The Morgan fingerprint density at radius 3 is 2.57 bits per heavy atom. The number of aromatic amines is 2. The number of benzene rings is 1. The van der Waals surface area contributed by atoms with E-state index in [1.807, 2.05) is 24.3 Å². The molecule has 0 saturated heterocycles. The topological polar surface area (TPSA) is 69.4 Å². The lowest BCUT2D eigenvalue weighted by atomic mass is 10.3. The summed E-state index contributed by atoms with van der Waals surface area (Å²) in [6.45, 7) is 7.25. The third-order valence-electron chi connectivity index (χ3n) is 3.43. The van der Waals surface area contributed by atoms with Gasteiger partial charge in [-0.25, -0.2) is 9.97 Å². The molecule has 0 aliphatic heterocycles. The van der Waals surface area contributed by atoms with Crippen LogP contribution >= 0.6 is 0 Å². The highest BCUT2D eigenvalue weighted by atomic mass is 15.0. The number of para-hydroxylation sites is 2. The zero-order valence-corrected chi connectivity index (χ0v) is 12.1. The van der Waals surface area contributed by atoms with E-state index in [4.69, 9.17) is 0 Å². The lowest BCUT2D eigenvalue weighted by Crippen LogP contribution is -2.14. The summed E-state index contributed by atoms with van der Waals surface area (Å²) in [4.78, 5) is 15.7. The minimum atomic E-state index is 0.678. The molecule has 3 N–H and O–H groups in total. The van der Waals surface area contributed by atoms with Gasteiger partial charge in [0.1, 0.15) is 11.6 Å². The van der Waals surface area contributed by atoms with Crippen LogP contribution in [0.4, 0.5) is 0 Å². The first-order chi connectivity index (χ1) is 10.3. The second kappa shape index (κ2) is 5.93. The number of fused-ring (bicyclic) bond motifs is 1. The van der Waals surface area contributed by atoms with Crippen molar-refractivity contribution in [1.82, 2.24) is 25.3 Å². The maximum atomic E-state index is 4.53. The average molecular weight is 281 g/mol. The van der Waals surface area contributed by atoms with Crippen LogP contribution in [0.5, 0.6) is 0 Å². The van der Waals surface area contributed by atoms with Crippen molar-refractivity contribution < 1.29 is 0 Å². The van der Waals surface area contributed by atoms with Gasteiger partial charge in [-0.3, -0.25) is 0 Å². The van der Waals surface area contributed by atoms with Crippen LogP contribution in [0.3, 0.4) is 0 Å². The molecule has 3 rings (SSSR count). The van der Waals surface area contributed by atoms with Crippen LogP contribution < -0.4 is 5.32 Å².